The minimum atomic E-state index is -0.0956. The number of thiocarbonyl (C=S) groups is 1. The normalized spacial score (nSPS) is 24.8. The Hall–Kier alpha value is -1.30. The maximum Gasteiger partial charge on any atom is 0.199 e. The van der Waals surface area contributed by atoms with Crippen LogP contribution in [-0.2, 0) is 0 Å². The predicted molar refractivity (Wildman–Crippen MR) is 56.6 cm³/mol. The Morgan fingerprint density at radius 3 is 3.00 bits per heavy atom. The van der Waals surface area contributed by atoms with Gasteiger partial charge in [-0.3, -0.25) is 4.99 Å². The van der Waals surface area contributed by atoms with E-state index in [1.54, 1.807) is 0 Å². The lowest BCUT2D eigenvalue weighted by molar-refractivity contribution is 0.603. The van der Waals surface area contributed by atoms with Crippen LogP contribution in [0.4, 0.5) is 0 Å². The Balaban J connectivity index is 2.38. The number of hydrogen-bond donors (Lipinski definition) is 1. The maximum atomic E-state index is 4.96. The maximum absolute atomic E-state index is 4.96. The van der Waals surface area contributed by atoms with Gasteiger partial charge in [0, 0.05) is 14.1 Å². The Bertz CT molecular complexity index is 341. The van der Waals surface area contributed by atoms with E-state index in [9.17, 15) is 0 Å². The fourth-order valence-electron chi connectivity index (χ4n) is 1.24. The van der Waals surface area contributed by atoms with Crippen LogP contribution in [0, 0.1) is 0 Å². The van der Waals surface area contributed by atoms with Crippen LogP contribution in [0.5, 0.6) is 0 Å². The zero-order valence-electron chi connectivity index (χ0n) is 7.35. The summed E-state index contributed by atoms with van der Waals surface area (Å²) >= 11 is 4.96. The highest BCUT2D eigenvalue weighted by Crippen LogP contribution is 2.09. The summed E-state index contributed by atoms with van der Waals surface area (Å²) in [6.07, 6.45) is 1.53. The van der Waals surface area contributed by atoms with Crippen LogP contribution in [0.15, 0.2) is 15.0 Å². The zero-order chi connectivity index (χ0) is 9.42. The summed E-state index contributed by atoms with van der Waals surface area (Å²) in [7, 11) is 3.83. The van der Waals surface area contributed by atoms with Gasteiger partial charge in [-0.15, -0.1) is 0 Å². The highest BCUT2D eigenvalue weighted by molar-refractivity contribution is 7.80. The lowest BCUT2D eigenvalue weighted by atomic mass is 10.2. The molecule has 0 saturated heterocycles. The fraction of sp³-hybridized carbons (Fsp3) is 0.429. The highest BCUT2D eigenvalue weighted by atomic mass is 32.1. The number of amidine groups is 2. The van der Waals surface area contributed by atoms with Crippen LogP contribution >= 0.6 is 12.2 Å². The van der Waals surface area contributed by atoms with Crippen molar-refractivity contribution >= 4 is 35.3 Å². The van der Waals surface area contributed by atoms with Gasteiger partial charge in [0.1, 0.15) is 18.0 Å². The number of likely N-dealkylation sites (N-methyl/N-ethyl adjacent to an activating group) is 1. The van der Waals surface area contributed by atoms with E-state index in [1.807, 2.05) is 19.0 Å². The molecule has 0 saturated carbocycles. The molecule has 0 aromatic heterocycles. The van der Waals surface area contributed by atoms with Crippen molar-refractivity contribution in [1.82, 2.24) is 10.2 Å². The second-order valence-electron chi connectivity index (χ2n) is 2.98. The van der Waals surface area contributed by atoms with Gasteiger partial charge in [-0.1, -0.05) is 0 Å². The van der Waals surface area contributed by atoms with Gasteiger partial charge in [0.05, 0.1) is 0 Å². The summed E-state index contributed by atoms with van der Waals surface area (Å²) in [6.45, 7) is 0. The lowest BCUT2D eigenvalue weighted by Crippen LogP contribution is -2.49. The first-order valence-corrected chi connectivity index (χ1v) is 4.25. The van der Waals surface area contributed by atoms with Gasteiger partial charge in [-0.25, -0.2) is 9.98 Å². The van der Waals surface area contributed by atoms with Crippen molar-refractivity contribution < 1.29 is 0 Å². The van der Waals surface area contributed by atoms with Crippen LogP contribution in [0.1, 0.15) is 0 Å². The Labute approximate surface area is 81.3 Å². The number of nitrogens with one attached hydrogen (secondary N) is 1. The largest absolute Gasteiger partial charge is 0.364 e. The van der Waals surface area contributed by atoms with Crippen LogP contribution in [0.2, 0.25) is 0 Å². The number of rotatable bonds is 0. The molecule has 13 heavy (non-hydrogen) atoms. The van der Waals surface area contributed by atoms with Crippen LogP contribution < -0.4 is 5.32 Å². The molecule has 0 spiro atoms. The van der Waals surface area contributed by atoms with E-state index >= 15 is 0 Å². The van der Waals surface area contributed by atoms with Crippen molar-refractivity contribution in [1.29, 1.82) is 0 Å². The van der Waals surface area contributed by atoms with E-state index in [1.165, 1.54) is 6.34 Å². The van der Waals surface area contributed by atoms with Crippen LogP contribution in [0.3, 0.4) is 0 Å². The van der Waals surface area contributed by atoms with Crippen molar-refractivity contribution in [2.45, 2.75) is 6.04 Å². The highest BCUT2D eigenvalue weighted by Gasteiger charge is 2.30. The SMILES string of the molecule is CN(C)C1=NC(=S)NC2=NC=NC21. The summed E-state index contributed by atoms with van der Waals surface area (Å²) in [5, 5.41) is 3.35. The molecule has 5 nitrogen and oxygen atoms in total. The average molecular weight is 195 g/mol. The summed E-state index contributed by atoms with van der Waals surface area (Å²) in [5.74, 6) is 1.60. The molecule has 0 amide bonds. The third kappa shape index (κ3) is 1.33. The summed E-state index contributed by atoms with van der Waals surface area (Å²) < 4.78 is 0. The second kappa shape index (κ2) is 2.88. The van der Waals surface area contributed by atoms with E-state index in [-0.39, 0.29) is 6.04 Å². The quantitative estimate of drug-likeness (QED) is 0.537. The van der Waals surface area contributed by atoms with E-state index in [4.69, 9.17) is 12.2 Å². The number of fused-ring (bicyclic) bond motifs is 1. The Kier molecular flexibility index (Phi) is 1.84. The number of nitrogens with zero attached hydrogens (tertiary/aromatic N) is 4. The molecule has 0 radical (unpaired) electrons. The van der Waals surface area contributed by atoms with Crippen LogP contribution in [-0.4, -0.2) is 48.2 Å². The van der Waals surface area contributed by atoms with Gasteiger partial charge >= 0.3 is 0 Å². The first-order valence-electron chi connectivity index (χ1n) is 3.84. The molecule has 1 N–H and O–H groups in total. The fourth-order valence-corrected chi connectivity index (χ4v) is 1.44. The molecular formula is C7H9N5S. The van der Waals surface area contributed by atoms with Gasteiger partial charge in [0.25, 0.3) is 0 Å². The van der Waals surface area contributed by atoms with E-state index in [0.29, 0.717) is 5.11 Å². The molecular weight excluding hydrogens is 186 g/mol. The Morgan fingerprint density at radius 1 is 1.54 bits per heavy atom. The van der Waals surface area contributed by atoms with Gasteiger partial charge < -0.3 is 10.2 Å². The molecule has 1 atom stereocenters. The molecule has 2 rings (SSSR count). The first-order chi connectivity index (χ1) is 6.18. The lowest BCUT2D eigenvalue weighted by Gasteiger charge is -2.25. The van der Waals surface area contributed by atoms with E-state index in [0.717, 1.165) is 11.7 Å². The van der Waals surface area contributed by atoms with Crippen molar-refractivity contribution in [3.05, 3.63) is 0 Å². The minimum absolute atomic E-state index is 0.0956. The van der Waals surface area contributed by atoms with Crippen LogP contribution in [0.25, 0.3) is 0 Å². The molecule has 6 heteroatoms. The molecule has 68 valence electrons. The van der Waals surface area contributed by atoms with Crippen molar-refractivity contribution in [3.63, 3.8) is 0 Å². The molecule has 0 aliphatic carbocycles. The molecule has 2 heterocycles. The van der Waals surface area contributed by atoms with E-state index in [2.05, 4.69) is 20.3 Å². The molecule has 0 aromatic rings. The molecule has 0 fully saturated rings. The van der Waals surface area contributed by atoms with Gasteiger partial charge in [0.2, 0.25) is 0 Å². The predicted octanol–water partition coefficient (Wildman–Crippen LogP) is -0.356. The molecule has 0 bridgehead atoms. The second-order valence-corrected chi connectivity index (χ2v) is 3.36. The molecule has 2 aliphatic rings. The summed E-state index contributed by atoms with van der Waals surface area (Å²) in [4.78, 5) is 14.3. The number of aliphatic imine (C=N–C) groups is 3. The zero-order valence-corrected chi connectivity index (χ0v) is 8.17. The van der Waals surface area contributed by atoms with Gasteiger partial charge in [-0.2, -0.15) is 0 Å². The summed E-state index contributed by atoms with van der Waals surface area (Å²) in [5.41, 5.74) is 0. The molecule has 1 unspecified atom stereocenters. The third-order valence-corrected chi connectivity index (χ3v) is 2.02. The Morgan fingerprint density at radius 2 is 2.31 bits per heavy atom. The molecule has 2 aliphatic heterocycles. The first kappa shape index (κ1) is 8.31. The van der Waals surface area contributed by atoms with Gasteiger partial charge in [-0.05, 0) is 12.2 Å². The standard InChI is InChI=1S/C7H9N5S/c1-12(2)6-4-5(9-3-8-4)10-7(13)11-6/h3-4H,1-2H3,(H,8,9,10,13). The molecule has 0 aromatic carbocycles. The third-order valence-electron chi connectivity index (χ3n) is 1.83. The minimum Gasteiger partial charge on any atom is -0.364 e. The van der Waals surface area contributed by atoms with Crippen molar-refractivity contribution in [3.8, 4) is 0 Å². The van der Waals surface area contributed by atoms with Crippen molar-refractivity contribution in [2.75, 3.05) is 14.1 Å². The monoisotopic (exact) mass is 195 g/mol. The topological polar surface area (TPSA) is 52.3 Å². The average Bonchev–Trinajstić information content (AvgIpc) is 2.49. The summed E-state index contributed by atoms with van der Waals surface area (Å²) in [6, 6.07) is -0.0956. The van der Waals surface area contributed by atoms with Crippen molar-refractivity contribution in [2.24, 2.45) is 15.0 Å². The van der Waals surface area contributed by atoms with Gasteiger partial charge in [0.15, 0.2) is 11.2 Å². The number of hydrogen-bond acceptors (Lipinski definition) is 4. The smallest absolute Gasteiger partial charge is 0.199 e. The van der Waals surface area contributed by atoms with E-state index < -0.39 is 0 Å².